The first-order chi connectivity index (χ1) is 8.19. The van der Waals surface area contributed by atoms with Crippen LogP contribution in [0.25, 0.3) is 0 Å². The summed E-state index contributed by atoms with van der Waals surface area (Å²) in [5.41, 5.74) is 1.15. The molecule has 0 amide bonds. The van der Waals surface area contributed by atoms with Crippen LogP contribution in [0.15, 0.2) is 27.1 Å². The summed E-state index contributed by atoms with van der Waals surface area (Å²) in [5, 5.41) is 3.60. The lowest BCUT2D eigenvalue weighted by molar-refractivity contribution is 0.00925. The van der Waals surface area contributed by atoms with Gasteiger partial charge in [0.1, 0.15) is 0 Å². The van der Waals surface area contributed by atoms with Gasteiger partial charge in [0.05, 0.1) is 6.10 Å². The van der Waals surface area contributed by atoms with Crippen molar-refractivity contribution < 1.29 is 4.74 Å². The number of anilines is 1. The van der Waals surface area contributed by atoms with Gasteiger partial charge in [0.15, 0.2) is 0 Å². The van der Waals surface area contributed by atoms with Crippen molar-refractivity contribution in [1.82, 2.24) is 0 Å². The molecule has 0 aliphatic carbocycles. The van der Waals surface area contributed by atoms with Gasteiger partial charge in [0.25, 0.3) is 0 Å². The lowest BCUT2D eigenvalue weighted by Crippen LogP contribution is -2.33. The predicted octanol–water partition coefficient (Wildman–Crippen LogP) is 4.58. The Kier molecular flexibility index (Phi) is 4.88. The van der Waals surface area contributed by atoms with Crippen LogP contribution in [0.3, 0.4) is 0 Å². The molecule has 94 valence electrons. The zero-order valence-electron chi connectivity index (χ0n) is 9.88. The quantitative estimate of drug-likeness (QED) is 0.849. The van der Waals surface area contributed by atoms with E-state index in [2.05, 4.69) is 56.2 Å². The van der Waals surface area contributed by atoms with Gasteiger partial charge in [-0.15, -0.1) is 0 Å². The summed E-state index contributed by atoms with van der Waals surface area (Å²) in [6, 6.07) is 6.72. The summed E-state index contributed by atoms with van der Waals surface area (Å²) in [6.07, 6.45) is 3.68. The van der Waals surface area contributed by atoms with E-state index in [0.717, 1.165) is 40.5 Å². The second kappa shape index (κ2) is 6.21. The number of halogens is 2. The van der Waals surface area contributed by atoms with Crippen molar-refractivity contribution in [3.05, 3.63) is 27.1 Å². The molecule has 17 heavy (non-hydrogen) atoms. The lowest BCUT2D eigenvalue weighted by atomic mass is 10.0. The van der Waals surface area contributed by atoms with Gasteiger partial charge in [-0.3, -0.25) is 0 Å². The van der Waals surface area contributed by atoms with Crippen molar-refractivity contribution in [2.75, 3.05) is 11.9 Å². The molecular weight excluding hydrogens is 346 g/mol. The summed E-state index contributed by atoms with van der Waals surface area (Å²) < 4.78 is 7.90. The largest absolute Gasteiger partial charge is 0.381 e. The SMILES string of the molecule is CCC1CC(Nc2cc(Br)ccc2Br)CCO1. The molecule has 1 saturated heterocycles. The average Bonchev–Trinajstić information content (AvgIpc) is 2.34. The Morgan fingerprint density at radius 2 is 2.24 bits per heavy atom. The number of hydrogen-bond donors (Lipinski definition) is 1. The van der Waals surface area contributed by atoms with Crippen molar-refractivity contribution in [2.45, 2.75) is 38.3 Å². The third kappa shape index (κ3) is 3.70. The zero-order chi connectivity index (χ0) is 12.3. The van der Waals surface area contributed by atoms with Crippen molar-refractivity contribution in [1.29, 1.82) is 0 Å². The molecule has 1 aromatic carbocycles. The van der Waals surface area contributed by atoms with E-state index in [1.54, 1.807) is 0 Å². The first kappa shape index (κ1) is 13.4. The van der Waals surface area contributed by atoms with Gasteiger partial charge in [-0.1, -0.05) is 22.9 Å². The van der Waals surface area contributed by atoms with Crippen LogP contribution >= 0.6 is 31.9 Å². The van der Waals surface area contributed by atoms with E-state index in [9.17, 15) is 0 Å². The molecule has 1 aliphatic rings. The topological polar surface area (TPSA) is 21.3 Å². The third-order valence-electron chi connectivity index (χ3n) is 3.11. The summed E-state index contributed by atoms with van der Waals surface area (Å²) in [4.78, 5) is 0. The maximum Gasteiger partial charge on any atom is 0.0592 e. The molecule has 2 nitrogen and oxygen atoms in total. The summed E-state index contributed by atoms with van der Waals surface area (Å²) in [7, 11) is 0. The number of nitrogens with one attached hydrogen (secondary N) is 1. The molecule has 4 heteroatoms. The van der Waals surface area contributed by atoms with Gasteiger partial charge >= 0.3 is 0 Å². The van der Waals surface area contributed by atoms with Gasteiger partial charge in [-0.25, -0.2) is 0 Å². The van der Waals surface area contributed by atoms with Crippen molar-refractivity contribution in [3.63, 3.8) is 0 Å². The molecule has 1 aliphatic heterocycles. The summed E-state index contributed by atoms with van der Waals surface area (Å²) in [5.74, 6) is 0. The Hall–Kier alpha value is -0.0600. The van der Waals surface area contributed by atoms with Crippen LogP contribution in [0.2, 0.25) is 0 Å². The fourth-order valence-corrected chi connectivity index (χ4v) is 2.85. The van der Waals surface area contributed by atoms with E-state index in [1.807, 2.05) is 6.07 Å². The Labute approximate surface area is 119 Å². The standard InChI is InChI=1S/C13H17Br2NO/c1-2-11-8-10(5-6-17-11)16-13-7-9(14)3-4-12(13)15/h3-4,7,10-11,16H,2,5-6,8H2,1H3. The lowest BCUT2D eigenvalue weighted by Gasteiger charge is -2.30. The monoisotopic (exact) mass is 361 g/mol. The van der Waals surface area contributed by atoms with Gasteiger partial charge in [-0.05, 0) is 53.4 Å². The maximum absolute atomic E-state index is 5.69. The van der Waals surface area contributed by atoms with Crippen molar-refractivity contribution >= 4 is 37.5 Å². The van der Waals surface area contributed by atoms with E-state index in [4.69, 9.17) is 4.74 Å². The fourth-order valence-electron chi connectivity index (χ4n) is 2.12. The molecule has 1 aromatic rings. The van der Waals surface area contributed by atoms with E-state index in [1.165, 1.54) is 0 Å². The van der Waals surface area contributed by atoms with Crippen LogP contribution in [-0.4, -0.2) is 18.8 Å². The van der Waals surface area contributed by atoms with Crippen LogP contribution in [0.4, 0.5) is 5.69 Å². The minimum atomic E-state index is 0.409. The van der Waals surface area contributed by atoms with Crippen LogP contribution in [0.5, 0.6) is 0 Å². The first-order valence-corrected chi connectivity index (χ1v) is 7.61. The number of benzene rings is 1. The highest BCUT2D eigenvalue weighted by Gasteiger charge is 2.21. The molecule has 1 fully saturated rings. The minimum Gasteiger partial charge on any atom is -0.381 e. The maximum atomic E-state index is 5.69. The van der Waals surface area contributed by atoms with Gasteiger partial charge < -0.3 is 10.1 Å². The van der Waals surface area contributed by atoms with E-state index >= 15 is 0 Å². The third-order valence-corrected chi connectivity index (χ3v) is 4.30. The first-order valence-electron chi connectivity index (χ1n) is 6.02. The Balaban J connectivity index is 2.02. The Morgan fingerprint density at radius 1 is 1.41 bits per heavy atom. The normalized spacial score (nSPS) is 24.6. The molecule has 0 saturated carbocycles. The molecule has 2 rings (SSSR count). The molecule has 0 bridgehead atoms. The molecule has 2 unspecified atom stereocenters. The Morgan fingerprint density at radius 3 is 3.00 bits per heavy atom. The van der Waals surface area contributed by atoms with E-state index < -0.39 is 0 Å². The highest BCUT2D eigenvalue weighted by Crippen LogP contribution is 2.29. The molecular formula is C13H17Br2NO. The van der Waals surface area contributed by atoms with Crippen LogP contribution < -0.4 is 5.32 Å². The summed E-state index contributed by atoms with van der Waals surface area (Å²) >= 11 is 7.08. The van der Waals surface area contributed by atoms with Crippen LogP contribution in [0, 0.1) is 0 Å². The van der Waals surface area contributed by atoms with Crippen LogP contribution in [0.1, 0.15) is 26.2 Å². The number of hydrogen-bond acceptors (Lipinski definition) is 2. The zero-order valence-corrected chi connectivity index (χ0v) is 13.1. The number of ether oxygens (including phenoxy) is 1. The average molecular weight is 363 g/mol. The molecule has 1 heterocycles. The van der Waals surface area contributed by atoms with Crippen molar-refractivity contribution in [2.24, 2.45) is 0 Å². The van der Waals surface area contributed by atoms with E-state index in [-0.39, 0.29) is 0 Å². The Bertz CT molecular complexity index is 384. The summed E-state index contributed by atoms with van der Waals surface area (Å²) in [6.45, 7) is 3.05. The van der Waals surface area contributed by atoms with Gasteiger partial charge in [0, 0.05) is 27.3 Å². The highest BCUT2D eigenvalue weighted by atomic mass is 79.9. The fraction of sp³-hybridized carbons (Fsp3) is 0.538. The molecule has 0 spiro atoms. The molecule has 0 aromatic heterocycles. The molecule has 0 radical (unpaired) electrons. The number of rotatable bonds is 3. The second-order valence-electron chi connectivity index (χ2n) is 4.39. The minimum absolute atomic E-state index is 0.409. The molecule has 2 atom stereocenters. The highest BCUT2D eigenvalue weighted by molar-refractivity contribution is 9.11. The predicted molar refractivity (Wildman–Crippen MR) is 78.5 cm³/mol. The van der Waals surface area contributed by atoms with Crippen LogP contribution in [-0.2, 0) is 4.74 Å². The van der Waals surface area contributed by atoms with Gasteiger partial charge in [0.2, 0.25) is 0 Å². The van der Waals surface area contributed by atoms with E-state index in [0.29, 0.717) is 12.1 Å². The van der Waals surface area contributed by atoms with Gasteiger partial charge in [-0.2, -0.15) is 0 Å². The smallest absolute Gasteiger partial charge is 0.0592 e. The molecule has 1 N–H and O–H groups in total. The second-order valence-corrected chi connectivity index (χ2v) is 6.16. The van der Waals surface area contributed by atoms with Crippen molar-refractivity contribution in [3.8, 4) is 0 Å².